The highest BCUT2D eigenvalue weighted by Gasteiger charge is 2.12. The molecule has 2 aromatic rings. The standard InChI is InChI=1S/C16H14ClF3N2O3/c1-23-14-6-9(3-5-13(14)25-16(19)20)15(21)22-24-8-10-2-4-11(18)7-12(10)17/h2-7,16H,8H2,1H3,(H2,21,22). The molecule has 9 heteroatoms. The van der Waals surface area contributed by atoms with Crippen LogP contribution in [0.5, 0.6) is 11.5 Å². The van der Waals surface area contributed by atoms with Gasteiger partial charge in [0.25, 0.3) is 0 Å². The highest BCUT2D eigenvalue weighted by Crippen LogP contribution is 2.29. The molecule has 0 aliphatic rings. The molecule has 0 fully saturated rings. The van der Waals surface area contributed by atoms with Crippen LogP contribution in [0.25, 0.3) is 0 Å². The summed E-state index contributed by atoms with van der Waals surface area (Å²) in [6.45, 7) is -3.00. The number of nitrogens with two attached hydrogens (primary N) is 1. The highest BCUT2D eigenvalue weighted by molar-refractivity contribution is 6.31. The van der Waals surface area contributed by atoms with E-state index < -0.39 is 12.4 Å². The van der Waals surface area contributed by atoms with Gasteiger partial charge in [-0.3, -0.25) is 0 Å². The van der Waals surface area contributed by atoms with E-state index in [0.717, 1.165) is 6.07 Å². The van der Waals surface area contributed by atoms with Crippen LogP contribution in [0.1, 0.15) is 11.1 Å². The van der Waals surface area contributed by atoms with E-state index in [4.69, 9.17) is 26.9 Å². The molecule has 2 aromatic carbocycles. The summed E-state index contributed by atoms with van der Waals surface area (Å²) in [5, 5.41) is 3.91. The van der Waals surface area contributed by atoms with Crippen LogP contribution in [0, 0.1) is 5.82 Å². The maximum atomic E-state index is 13.0. The Kier molecular flexibility index (Phi) is 6.35. The van der Waals surface area contributed by atoms with Gasteiger partial charge in [0.05, 0.1) is 12.1 Å². The molecule has 0 saturated heterocycles. The lowest BCUT2D eigenvalue weighted by atomic mass is 10.2. The van der Waals surface area contributed by atoms with Crippen LogP contribution in [0.4, 0.5) is 13.2 Å². The van der Waals surface area contributed by atoms with Gasteiger partial charge in [-0.25, -0.2) is 4.39 Å². The molecular weight excluding hydrogens is 361 g/mol. The largest absolute Gasteiger partial charge is 0.493 e. The SMILES string of the molecule is COc1cc(/C(N)=N/OCc2ccc(F)cc2Cl)ccc1OC(F)F. The second-order valence-corrected chi connectivity index (χ2v) is 5.14. The van der Waals surface area contributed by atoms with Gasteiger partial charge < -0.3 is 20.0 Å². The Morgan fingerprint density at radius 2 is 1.96 bits per heavy atom. The van der Waals surface area contributed by atoms with E-state index >= 15 is 0 Å². The van der Waals surface area contributed by atoms with E-state index in [0.29, 0.717) is 11.1 Å². The first-order valence-electron chi connectivity index (χ1n) is 6.93. The fraction of sp³-hybridized carbons (Fsp3) is 0.188. The maximum Gasteiger partial charge on any atom is 0.387 e. The second kappa shape index (κ2) is 8.48. The van der Waals surface area contributed by atoms with Gasteiger partial charge in [0.15, 0.2) is 17.3 Å². The average Bonchev–Trinajstić information content (AvgIpc) is 2.56. The van der Waals surface area contributed by atoms with Crippen LogP contribution in [0.15, 0.2) is 41.6 Å². The summed E-state index contributed by atoms with van der Waals surface area (Å²) in [6.07, 6.45) is 0. The van der Waals surface area contributed by atoms with Crippen LogP contribution in [-0.4, -0.2) is 19.6 Å². The molecule has 0 aliphatic heterocycles. The zero-order valence-electron chi connectivity index (χ0n) is 13.0. The molecule has 0 spiro atoms. The van der Waals surface area contributed by atoms with Gasteiger partial charge in [-0.15, -0.1) is 0 Å². The molecule has 0 aromatic heterocycles. The number of ether oxygens (including phenoxy) is 2. The van der Waals surface area contributed by atoms with Gasteiger partial charge in [0.1, 0.15) is 12.4 Å². The number of nitrogens with zero attached hydrogens (tertiary/aromatic N) is 1. The molecule has 0 saturated carbocycles. The third-order valence-corrected chi connectivity index (χ3v) is 3.43. The summed E-state index contributed by atoms with van der Waals surface area (Å²) in [5.74, 6) is -0.541. The van der Waals surface area contributed by atoms with Crippen molar-refractivity contribution in [2.75, 3.05) is 7.11 Å². The van der Waals surface area contributed by atoms with Crippen LogP contribution in [0.3, 0.4) is 0 Å². The lowest BCUT2D eigenvalue weighted by molar-refractivity contribution is -0.0512. The van der Waals surface area contributed by atoms with E-state index in [1.807, 2.05) is 0 Å². The fourth-order valence-electron chi connectivity index (χ4n) is 1.88. The predicted molar refractivity (Wildman–Crippen MR) is 86.5 cm³/mol. The van der Waals surface area contributed by atoms with Gasteiger partial charge in [0.2, 0.25) is 0 Å². The lowest BCUT2D eigenvalue weighted by Gasteiger charge is -2.11. The number of rotatable bonds is 7. The normalized spacial score (nSPS) is 11.5. The van der Waals surface area contributed by atoms with Crippen LogP contribution < -0.4 is 15.2 Å². The maximum absolute atomic E-state index is 13.0. The Balaban J connectivity index is 2.08. The van der Waals surface area contributed by atoms with Crippen molar-refractivity contribution in [3.05, 3.63) is 58.4 Å². The first-order chi connectivity index (χ1) is 11.9. The van der Waals surface area contributed by atoms with Crippen LogP contribution >= 0.6 is 11.6 Å². The predicted octanol–water partition coefficient (Wildman–Crippen LogP) is 3.93. The number of hydrogen-bond donors (Lipinski definition) is 1. The molecule has 0 unspecified atom stereocenters. The third-order valence-electron chi connectivity index (χ3n) is 3.07. The van der Waals surface area contributed by atoms with Crippen molar-refractivity contribution in [3.8, 4) is 11.5 Å². The van der Waals surface area contributed by atoms with Crippen LogP contribution in [-0.2, 0) is 11.4 Å². The van der Waals surface area contributed by atoms with E-state index in [1.54, 1.807) is 0 Å². The molecule has 25 heavy (non-hydrogen) atoms. The van der Waals surface area contributed by atoms with Crippen LogP contribution in [0.2, 0.25) is 5.02 Å². The highest BCUT2D eigenvalue weighted by atomic mass is 35.5. The quantitative estimate of drug-likeness (QED) is 0.453. The third kappa shape index (κ3) is 5.18. The number of benzene rings is 2. The number of halogens is 4. The van der Waals surface area contributed by atoms with Crippen molar-refractivity contribution in [3.63, 3.8) is 0 Å². The topological polar surface area (TPSA) is 66.1 Å². The Labute approximate surface area is 146 Å². The molecule has 2 rings (SSSR count). The van der Waals surface area contributed by atoms with Crippen molar-refractivity contribution in [2.45, 2.75) is 13.2 Å². The summed E-state index contributed by atoms with van der Waals surface area (Å²) < 4.78 is 46.9. The minimum absolute atomic E-state index is 0.0138. The first kappa shape index (κ1) is 18.7. The van der Waals surface area contributed by atoms with Crippen molar-refractivity contribution in [2.24, 2.45) is 10.9 Å². The number of methoxy groups -OCH3 is 1. The van der Waals surface area contributed by atoms with Crippen molar-refractivity contribution in [1.82, 2.24) is 0 Å². The monoisotopic (exact) mass is 374 g/mol. The van der Waals surface area contributed by atoms with Crippen molar-refractivity contribution in [1.29, 1.82) is 0 Å². The smallest absolute Gasteiger partial charge is 0.387 e. The molecule has 0 atom stereocenters. The molecule has 0 bridgehead atoms. The fourth-order valence-corrected chi connectivity index (χ4v) is 2.10. The molecule has 0 heterocycles. The Hall–Kier alpha value is -2.61. The second-order valence-electron chi connectivity index (χ2n) is 4.73. The van der Waals surface area contributed by atoms with E-state index in [2.05, 4.69) is 9.89 Å². The van der Waals surface area contributed by atoms with Gasteiger partial charge in [-0.05, 0) is 30.3 Å². The number of amidine groups is 1. The summed E-state index contributed by atoms with van der Waals surface area (Å²) in [4.78, 5) is 5.09. The Morgan fingerprint density at radius 3 is 2.60 bits per heavy atom. The molecule has 0 aliphatic carbocycles. The average molecular weight is 375 g/mol. The first-order valence-corrected chi connectivity index (χ1v) is 7.31. The molecule has 0 radical (unpaired) electrons. The number of oxime groups is 1. The van der Waals surface area contributed by atoms with Gasteiger partial charge in [0, 0.05) is 11.1 Å². The van der Waals surface area contributed by atoms with Gasteiger partial charge >= 0.3 is 6.61 Å². The minimum atomic E-state index is -2.98. The van der Waals surface area contributed by atoms with E-state index in [1.165, 1.54) is 37.4 Å². The minimum Gasteiger partial charge on any atom is -0.493 e. The van der Waals surface area contributed by atoms with E-state index in [-0.39, 0.29) is 29.0 Å². The summed E-state index contributed by atoms with van der Waals surface area (Å²) >= 11 is 5.87. The summed E-state index contributed by atoms with van der Waals surface area (Å²) in [5.41, 5.74) is 6.69. The molecule has 134 valence electrons. The molecule has 5 nitrogen and oxygen atoms in total. The number of alkyl halides is 2. The van der Waals surface area contributed by atoms with Crippen molar-refractivity contribution >= 4 is 17.4 Å². The lowest BCUT2D eigenvalue weighted by Crippen LogP contribution is -2.14. The molecule has 0 amide bonds. The Bertz CT molecular complexity index is 772. The zero-order chi connectivity index (χ0) is 18.4. The number of hydrogen-bond acceptors (Lipinski definition) is 4. The zero-order valence-corrected chi connectivity index (χ0v) is 13.8. The molecule has 2 N–H and O–H groups in total. The molecular formula is C16H14ClF3N2O3. The summed E-state index contributed by atoms with van der Waals surface area (Å²) in [7, 11) is 1.30. The Morgan fingerprint density at radius 1 is 1.20 bits per heavy atom. The van der Waals surface area contributed by atoms with E-state index in [9.17, 15) is 13.2 Å². The summed E-state index contributed by atoms with van der Waals surface area (Å²) in [6, 6.07) is 7.94. The van der Waals surface area contributed by atoms with Gasteiger partial charge in [-0.2, -0.15) is 8.78 Å². The van der Waals surface area contributed by atoms with Crippen molar-refractivity contribution < 1.29 is 27.5 Å². The van der Waals surface area contributed by atoms with Gasteiger partial charge in [-0.1, -0.05) is 22.8 Å².